The van der Waals surface area contributed by atoms with E-state index in [2.05, 4.69) is 71.6 Å². The Morgan fingerprint density at radius 1 is 0.750 bits per heavy atom. The summed E-state index contributed by atoms with van der Waals surface area (Å²) in [4.78, 5) is 2.43. The number of likely N-dealkylation sites (tertiary alicyclic amines) is 1. The van der Waals surface area contributed by atoms with Crippen molar-refractivity contribution in [3.8, 4) is 0 Å². The predicted molar refractivity (Wildman–Crippen MR) is 116 cm³/mol. The maximum Gasteiger partial charge on any atom is 0.0920 e. The van der Waals surface area contributed by atoms with Crippen molar-refractivity contribution in [3.05, 3.63) is 114 Å². The van der Waals surface area contributed by atoms with E-state index in [0.29, 0.717) is 0 Å². The first kappa shape index (κ1) is 18.7. The minimum Gasteiger partial charge on any atom is -0.385 e. The fourth-order valence-corrected chi connectivity index (χ4v) is 4.00. The predicted octanol–water partition coefficient (Wildman–Crippen LogP) is 5.10. The molecule has 2 heteroatoms. The Labute approximate surface area is 167 Å². The minimum atomic E-state index is -0.691. The molecule has 1 fully saturated rings. The summed E-state index contributed by atoms with van der Waals surface area (Å²) in [5.74, 6) is 0. The van der Waals surface area contributed by atoms with Gasteiger partial charge >= 0.3 is 0 Å². The van der Waals surface area contributed by atoms with Crippen LogP contribution < -0.4 is 0 Å². The van der Waals surface area contributed by atoms with Gasteiger partial charge < -0.3 is 5.11 Å². The highest BCUT2D eigenvalue weighted by Gasteiger charge is 2.33. The zero-order chi connectivity index (χ0) is 19.2. The van der Waals surface area contributed by atoms with Gasteiger partial charge in [-0.1, -0.05) is 97.1 Å². The molecule has 0 amide bonds. The molecular weight excluding hydrogens is 342 g/mol. The molecule has 1 aliphatic heterocycles. The summed E-state index contributed by atoms with van der Waals surface area (Å²) in [6, 6.07) is 31.3. The van der Waals surface area contributed by atoms with Gasteiger partial charge in [-0.2, -0.15) is 0 Å². The fraction of sp³-hybridized carbons (Fsp3) is 0.231. The topological polar surface area (TPSA) is 23.5 Å². The molecule has 28 heavy (non-hydrogen) atoms. The average molecular weight is 370 g/mol. The minimum absolute atomic E-state index is 0.691. The van der Waals surface area contributed by atoms with Gasteiger partial charge in [-0.25, -0.2) is 0 Å². The third-order valence-electron chi connectivity index (χ3n) is 5.72. The summed E-state index contributed by atoms with van der Waals surface area (Å²) < 4.78 is 0. The quantitative estimate of drug-likeness (QED) is 0.676. The molecule has 0 aliphatic carbocycles. The molecule has 3 aromatic rings. The number of hydrogen-bond donors (Lipinski definition) is 1. The zero-order valence-electron chi connectivity index (χ0n) is 16.2. The summed E-state index contributed by atoms with van der Waals surface area (Å²) in [6.45, 7) is 2.70. The maximum atomic E-state index is 11.1. The molecule has 0 bridgehead atoms. The lowest BCUT2D eigenvalue weighted by Crippen LogP contribution is -2.42. The molecule has 0 unspecified atom stereocenters. The van der Waals surface area contributed by atoms with Crippen molar-refractivity contribution in [1.82, 2.24) is 4.90 Å². The Balaban J connectivity index is 1.48. The van der Waals surface area contributed by atoms with Gasteiger partial charge in [0, 0.05) is 19.6 Å². The first-order chi connectivity index (χ1) is 13.7. The summed E-state index contributed by atoms with van der Waals surface area (Å²) in [5.41, 5.74) is 4.10. The highest BCUT2D eigenvalue weighted by molar-refractivity contribution is 5.79. The van der Waals surface area contributed by atoms with Gasteiger partial charge in [0.15, 0.2) is 0 Å². The Morgan fingerprint density at radius 2 is 1.21 bits per heavy atom. The van der Waals surface area contributed by atoms with Gasteiger partial charge in [0.25, 0.3) is 0 Å². The molecule has 142 valence electrons. The van der Waals surface area contributed by atoms with Gasteiger partial charge in [0.1, 0.15) is 0 Å². The van der Waals surface area contributed by atoms with Crippen molar-refractivity contribution in [2.45, 2.75) is 18.4 Å². The third kappa shape index (κ3) is 4.24. The highest BCUT2D eigenvalue weighted by atomic mass is 16.3. The second-order valence-electron chi connectivity index (χ2n) is 7.55. The van der Waals surface area contributed by atoms with E-state index in [1.54, 1.807) is 0 Å². The maximum absolute atomic E-state index is 11.1. The van der Waals surface area contributed by atoms with Crippen LogP contribution in [0.1, 0.15) is 29.5 Å². The molecule has 1 saturated heterocycles. The Morgan fingerprint density at radius 3 is 1.71 bits per heavy atom. The smallest absolute Gasteiger partial charge is 0.0920 e. The van der Waals surface area contributed by atoms with Gasteiger partial charge in [-0.15, -0.1) is 0 Å². The van der Waals surface area contributed by atoms with Crippen LogP contribution in [0, 0.1) is 0 Å². The van der Waals surface area contributed by atoms with E-state index in [-0.39, 0.29) is 0 Å². The number of piperidine rings is 1. The lowest BCUT2D eigenvalue weighted by molar-refractivity contribution is -0.0233. The number of aliphatic hydroxyl groups is 1. The summed E-state index contributed by atoms with van der Waals surface area (Å²) in [7, 11) is 0. The first-order valence-corrected chi connectivity index (χ1v) is 10.1. The van der Waals surface area contributed by atoms with Crippen LogP contribution in [-0.4, -0.2) is 29.6 Å². The van der Waals surface area contributed by atoms with Crippen LogP contribution >= 0.6 is 0 Å². The van der Waals surface area contributed by atoms with Crippen LogP contribution in [-0.2, 0) is 5.60 Å². The largest absolute Gasteiger partial charge is 0.385 e. The van der Waals surface area contributed by atoms with Crippen molar-refractivity contribution in [2.75, 3.05) is 19.6 Å². The van der Waals surface area contributed by atoms with E-state index < -0.39 is 5.60 Å². The molecule has 1 aliphatic rings. The standard InChI is InChI=1S/C26H27NO/c28-26(24-14-8-3-9-15-24)17-20-27(21-18-26)19-16-25(22-10-4-1-5-11-22)23-12-6-2-7-13-23/h1-16,28H,17-21H2. The van der Waals surface area contributed by atoms with Crippen LogP contribution in [0.4, 0.5) is 0 Å². The van der Waals surface area contributed by atoms with E-state index in [9.17, 15) is 5.11 Å². The Kier molecular flexibility index (Phi) is 5.70. The summed E-state index contributed by atoms with van der Waals surface area (Å²) >= 11 is 0. The van der Waals surface area contributed by atoms with Gasteiger partial charge in [-0.05, 0) is 35.1 Å². The monoisotopic (exact) mass is 369 g/mol. The average Bonchev–Trinajstić information content (AvgIpc) is 2.77. The molecule has 1 N–H and O–H groups in total. The van der Waals surface area contributed by atoms with Gasteiger partial charge in [0.05, 0.1) is 5.60 Å². The molecule has 4 rings (SSSR count). The fourth-order valence-electron chi connectivity index (χ4n) is 4.00. The molecule has 3 aromatic carbocycles. The molecule has 1 heterocycles. The lowest BCUT2D eigenvalue weighted by Gasteiger charge is -2.38. The Hall–Kier alpha value is -2.68. The Bertz CT molecular complexity index is 853. The van der Waals surface area contributed by atoms with Crippen molar-refractivity contribution in [2.24, 2.45) is 0 Å². The van der Waals surface area contributed by atoms with Crippen molar-refractivity contribution in [1.29, 1.82) is 0 Å². The van der Waals surface area contributed by atoms with Gasteiger partial charge in [0.2, 0.25) is 0 Å². The second-order valence-corrected chi connectivity index (χ2v) is 7.55. The SMILES string of the molecule is OC1(c2ccccc2)CCN(CC=C(c2ccccc2)c2ccccc2)CC1. The molecule has 0 aromatic heterocycles. The molecule has 0 atom stereocenters. The number of rotatable bonds is 5. The van der Waals surface area contributed by atoms with Crippen LogP contribution in [0.15, 0.2) is 97.1 Å². The van der Waals surface area contributed by atoms with E-state index in [1.165, 1.54) is 16.7 Å². The van der Waals surface area contributed by atoms with E-state index in [1.807, 2.05) is 30.3 Å². The summed E-state index contributed by atoms with van der Waals surface area (Å²) in [5, 5.41) is 11.1. The summed E-state index contributed by atoms with van der Waals surface area (Å²) in [6.07, 6.45) is 3.88. The third-order valence-corrected chi connectivity index (χ3v) is 5.72. The first-order valence-electron chi connectivity index (χ1n) is 10.1. The van der Waals surface area contributed by atoms with E-state index >= 15 is 0 Å². The van der Waals surface area contributed by atoms with Crippen molar-refractivity contribution >= 4 is 5.57 Å². The zero-order valence-corrected chi connectivity index (χ0v) is 16.2. The van der Waals surface area contributed by atoms with E-state index in [0.717, 1.165) is 38.0 Å². The van der Waals surface area contributed by atoms with Crippen LogP contribution in [0.5, 0.6) is 0 Å². The highest BCUT2D eigenvalue weighted by Crippen LogP contribution is 2.33. The number of benzene rings is 3. The molecule has 0 radical (unpaired) electrons. The molecule has 0 saturated carbocycles. The number of nitrogens with zero attached hydrogens (tertiary/aromatic N) is 1. The van der Waals surface area contributed by atoms with Crippen molar-refractivity contribution < 1.29 is 5.11 Å². The molecular formula is C26H27NO. The lowest BCUT2D eigenvalue weighted by atomic mass is 9.84. The van der Waals surface area contributed by atoms with Gasteiger partial charge in [-0.3, -0.25) is 4.90 Å². The number of hydrogen-bond acceptors (Lipinski definition) is 2. The normalized spacial score (nSPS) is 16.5. The molecule has 0 spiro atoms. The van der Waals surface area contributed by atoms with Crippen molar-refractivity contribution in [3.63, 3.8) is 0 Å². The van der Waals surface area contributed by atoms with Crippen LogP contribution in [0.3, 0.4) is 0 Å². The van der Waals surface area contributed by atoms with Crippen LogP contribution in [0.25, 0.3) is 5.57 Å². The second kappa shape index (κ2) is 8.55. The molecule has 2 nitrogen and oxygen atoms in total. The van der Waals surface area contributed by atoms with E-state index in [4.69, 9.17) is 0 Å². The van der Waals surface area contributed by atoms with Crippen LogP contribution in [0.2, 0.25) is 0 Å².